The molecule has 0 saturated heterocycles. The van der Waals surface area contributed by atoms with Gasteiger partial charge in [0.25, 0.3) is 0 Å². The zero-order valence-corrected chi connectivity index (χ0v) is 12.1. The highest BCUT2D eigenvalue weighted by Crippen LogP contribution is 2.36. The highest BCUT2D eigenvalue weighted by molar-refractivity contribution is 7.15. The molecule has 110 valence electrons. The predicted octanol–water partition coefficient (Wildman–Crippen LogP) is 4.08. The maximum absolute atomic E-state index is 12.7. The summed E-state index contributed by atoms with van der Waals surface area (Å²) in [6.07, 6.45) is -4.46. The van der Waals surface area contributed by atoms with Crippen LogP contribution >= 0.6 is 11.3 Å². The van der Waals surface area contributed by atoms with E-state index in [0.29, 0.717) is 10.7 Å². The number of nitrogen functional groups attached to an aromatic ring is 1. The van der Waals surface area contributed by atoms with Gasteiger partial charge in [0.1, 0.15) is 0 Å². The van der Waals surface area contributed by atoms with Gasteiger partial charge in [-0.2, -0.15) is 18.4 Å². The second kappa shape index (κ2) is 5.37. The molecule has 3 nitrogen and oxygen atoms in total. The Labute approximate surface area is 123 Å². The fourth-order valence-electron chi connectivity index (χ4n) is 2.18. The summed E-state index contributed by atoms with van der Waals surface area (Å²) in [7, 11) is 0. The normalized spacial score (nSPS) is 13.0. The number of aryl methyl sites for hydroxylation is 1. The topological polar surface area (TPSA) is 62.7 Å². The van der Waals surface area contributed by atoms with Gasteiger partial charge in [0.05, 0.1) is 22.9 Å². The maximum Gasteiger partial charge on any atom is 0.416 e. The predicted molar refractivity (Wildman–Crippen MR) is 74.9 cm³/mol. The summed E-state index contributed by atoms with van der Waals surface area (Å²) in [4.78, 5) is 4.95. The van der Waals surface area contributed by atoms with E-state index in [1.54, 1.807) is 6.92 Å². The molecule has 0 aliphatic carbocycles. The molecule has 2 aromatic rings. The van der Waals surface area contributed by atoms with Gasteiger partial charge < -0.3 is 5.73 Å². The van der Waals surface area contributed by atoms with Gasteiger partial charge in [-0.25, -0.2) is 4.98 Å². The Hall–Kier alpha value is -2.07. The first-order valence-electron chi connectivity index (χ1n) is 6.08. The summed E-state index contributed by atoms with van der Waals surface area (Å²) >= 11 is 1.28. The van der Waals surface area contributed by atoms with Crippen LogP contribution in [0, 0.1) is 18.3 Å². The molecule has 2 N–H and O–H groups in total. The molecule has 0 aliphatic rings. The van der Waals surface area contributed by atoms with Gasteiger partial charge in [-0.15, -0.1) is 11.3 Å². The van der Waals surface area contributed by atoms with Crippen molar-refractivity contribution >= 4 is 16.5 Å². The Morgan fingerprint density at radius 2 is 2.05 bits per heavy atom. The quantitative estimate of drug-likeness (QED) is 0.909. The number of nitrogens with zero attached hydrogens (tertiary/aromatic N) is 2. The fraction of sp³-hybridized carbons (Fsp3) is 0.286. The number of alkyl halides is 3. The molecule has 21 heavy (non-hydrogen) atoms. The van der Waals surface area contributed by atoms with Crippen LogP contribution in [0.25, 0.3) is 0 Å². The molecule has 1 aromatic carbocycles. The third-order valence-electron chi connectivity index (χ3n) is 3.21. The van der Waals surface area contributed by atoms with Crippen molar-refractivity contribution in [3.63, 3.8) is 0 Å². The number of hydrogen-bond acceptors (Lipinski definition) is 4. The van der Waals surface area contributed by atoms with E-state index in [1.807, 2.05) is 13.0 Å². The molecule has 1 atom stereocenters. The summed E-state index contributed by atoms with van der Waals surface area (Å²) in [5, 5.41) is 9.53. The third kappa shape index (κ3) is 3.00. The van der Waals surface area contributed by atoms with Gasteiger partial charge >= 0.3 is 6.18 Å². The van der Waals surface area contributed by atoms with Crippen LogP contribution < -0.4 is 5.73 Å². The minimum Gasteiger partial charge on any atom is -0.375 e. The Morgan fingerprint density at radius 3 is 2.52 bits per heavy atom. The Morgan fingerprint density at radius 1 is 1.38 bits per heavy atom. The molecule has 0 amide bonds. The molecule has 7 heteroatoms. The largest absolute Gasteiger partial charge is 0.416 e. The van der Waals surface area contributed by atoms with Crippen LogP contribution in [0.1, 0.15) is 40.1 Å². The Balaban J connectivity index is 2.50. The number of nitriles is 1. The molecule has 0 saturated carbocycles. The van der Waals surface area contributed by atoms with Crippen molar-refractivity contribution in [2.75, 3.05) is 5.73 Å². The van der Waals surface area contributed by atoms with Crippen LogP contribution in [0.5, 0.6) is 0 Å². The van der Waals surface area contributed by atoms with Gasteiger partial charge in [0, 0.05) is 10.8 Å². The van der Waals surface area contributed by atoms with Crippen LogP contribution in [0.3, 0.4) is 0 Å². The van der Waals surface area contributed by atoms with Gasteiger partial charge in [0.15, 0.2) is 5.13 Å². The standard InChI is InChI=1S/C14H12F3N3S/c1-7(12-8(2)20-13(19)21-12)11-4-3-10(14(15,16)17)5-9(11)6-18/h3-5,7H,1-2H3,(H2,19,20). The first-order chi connectivity index (χ1) is 9.74. The number of benzene rings is 1. The lowest BCUT2D eigenvalue weighted by atomic mass is 9.92. The molecular weight excluding hydrogens is 299 g/mol. The highest BCUT2D eigenvalue weighted by Gasteiger charge is 2.31. The lowest BCUT2D eigenvalue weighted by molar-refractivity contribution is -0.137. The summed E-state index contributed by atoms with van der Waals surface area (Å²) in [6, 6.07) is 5.06. The van der Waals surface area contributed by atoms with E-state index in [9.17, 15) is 13.2 Å². The van der Waals surface area contributed by atoms with Crippen molar-refractivity contribution in [2.45, 2.75) is 25.9 Å². The van der Waals surface area contributed by atoms with Crippen molar-refractivity contribution < 1.29 is 13.2 Å². The first-order valence-corrected chi connectivity index (χ1v) is 6.89. The summed E-state index contributed by atoms with van der Waals surface area (Å²) < 4.78 is 38.1. The van der Waals surface area contributed by atoms with Crippen LogP contribution in [-0.2, 0) is 6.18 Å². The van der Waals surface area contributed by atoms with Gasteiger partial charge in [-0.3, -0.25) is 0 Å². The van der Waals surface area contributed by atoms with E-state index in [1.165, 1.54) is 17.4 Å². The van der Waals surface area contributed by atoms with E-state index >= 15 is 0 Å². The van der Waals surface area contributed by atoms with Gasteiger partial charge in [0.2, 0.25) is 0 Å². The molecule has 1 unspecified atom stereocenters. The zero-order chi connectivity index (χ0) is 15.8. The average Bonchev–Trinajstić information content (AvgIpc) is 2.75. The smallest absolute Gasteiger partial charge is 0.375 e. The van der Waals surface area contributed by atoms with Crippen LogP contribution in [0.2, 0.25) is 0 Å². The van der Waals surface area contributed by atoms with E-state index in [-0.39, 0.29) is 11.5 Å². The molecule has 2 rings (SSSR count). The van der Waals surface area contributed by atoms with E-state index in [4.69, 9.17) is 11.0 Å². The number of anilines is 1. The first kappa shape index (κ1) is 15.3. The summed E-state index contributed by atoms with van der Waals surface area (Å²) in [6.45, 7) is 3.61. The molecule has 0 radical (unpaired) electrons. The van der Waals surface area contributed by atoms with Crippen molar-refractivity contribution in [1.82, 2.24) is 4.98 Å². The number of hydrogen-bond donors (Lipinski definition) is 1. The monoisotopic (exact) mass is 311 g/mol. The molecule has 0 spiro atoms. The molecule has 0 bridgehead atoms. The Kier molecular flexibility index (Phi) is 3.92. The van der Waals surface area contributed by atoms with Crippen LogP contribution in [0.15, 0.2) is 18.2 Å². The van der Waals surface area contributed by atoms with E-state index in [0.717, 1.165) is 22.7 Å². The number of halogens is 3. The minimum absolute atomic E-state index is 0.0173. The lowest BCUT2D eigenvalue weighted by Crippen LogP contribution is -2.07. The van der Waals surface area contributed by atoms with Crippen LogP contribution in [-0.4, -0.2) is 4.98 Å². The lowest BCUT2D eigenvalue weighted by Gasteiger charge is -2.14. The van der Waals surface area contributed by atoms with Gasteiger partial charge in [-0.05, 0) is 24.6 Å². The number of aromatic nitrogens is 1. The van der Waals surface area contributed by atoms with E-state index < -0.39 is 11.7 Å². The number of rotatable bonds is 2. The third-order valence-corrected chi connectivity index (χ3v) is 4.38. The molecule has 1 aromatic heterocycles. The maximum atomic E-state index is 12.7. The number of nitrogens with two attached hydrogens (primary N) is 1. The summed E-state index contributed by atoms with van der Waals surface area (Å²) in [5.74, 6) is -0.239. The van der Waals surface area contributed by atoms with Gasteiger partial charge in [-0.1, -0.05) is 13.0 Å². The second-order valence-electron chi connectivity index (χ2n) is 4.64. The molecule has 0 aliphatic heterocycles. The minimum atomic E-state index is -4.46. The zero-order valence-electron chi connectivity index (χ0n) is 11.3. The van der Waals surface area contributed by atoms with Crippen molar-refractivity contribution in [2.24, 2.45) is 0 Å². The van der Waals surface area contributed by atoms with E-state index in [2.05, 4.69) is 4.98 Å². The SMILES string of the molecule is Cc1nc(N)sc1C(C)c1ccc(C(F)(F)F)cc1C#N. The highest BCUT2D eigenvalue weighted by atomic mass is 32.1. The average molecular weight is 311 g/mol. The summed E-state index contributed by atoms with van der Waals surface area (Å²) in [5.41, 5.74) is 6.10. The fourth-order valence-corrected chi connectivity index (χ4v) is 3.08. The second-order valence-corrected chi connectivity index (χ2v) is 5.70. The molecular formula is C14H12F3N3S. The molecule has 0 fully saturated rings. The van der Waals surface area contributed by atoms with Crippen molar-refractivity contribution in [1.29, 1.82) is 5.26 Å². The Bertz CT molecular complexity index is 713. The van der Waals surface area contributed by atoms with Crippen molar-refractivity contribution in [3.8, 4) is 6.07 Å². The van der Waals surface area contributed by atoms with Crippen LogP contribution in [0.4, 0.5) is 18.3 Å². The number of thiazole rings is 1. The molecule has 1 heterocycles. The van der Waals surface area contributed by atoms with Crippen molar-refractivity contribution in [3.05, 3.63) is 45.5 Å².